The molecule has 0 radical (unpaired) electrons. The summed E-state index contributed by atoms with van der Waals surface area (Å²) in [5.74, 6) is 0.896. The third-order valence-corrected chi connectivity index (χ3v) is 3.92. The monoisotopic (exact) mass is 278 g/mol. The second-order valence-electron chi connectivity index (χ2n) is 5.40. The van der Waals surface area contributed by atoms with Crippen LogP contribution in [0.2, 0.25) is 0 Å². The van der Waals surface area contributed by atoms with Crippen LogP contribution in [0.5, 0.6) is 5.75 Å². The van der Waals surface area contributed by atoms with Crippen molar-refractivity contribution in [2.75, 3.05) is 25.6 Å². The molecule has 0 fully saturated rings. The fourth-order valence-electron chi connectivity index (χ4n) is 2.49. The van der Waals surface area contributed by atoms with E-state index in [1.54, 1.807) is 7.11 Å². The van der Waals surface area contributed by atoms with Crippen LogP contribution in [0.25, 0.3) is 0 Å². The van der Waals surface area contributed by atoms with Gasteiger partial charge in [0.1, 0.15) is 5.75 Å². The number of nitrogens with two attached hydrogens (primary N) is 1. The first-order chi connectivity index (χ1) is 9.72. The lowest BCUT2D eigenvalue weighted by atomic mass is 10.0. The lowest BCUT2D eigenvalue weighted by Gasteiger charge is -2.29. The Hall–Kier alpha value is -1.22. The van der Waals surface area contributed by atoms with Crippen molar-refractivity contribution in [1.82, 2.24) is 0 Å². The zero-order valence-electron chi connectivity index (χ0n) is 13.3. The van der Waals surface area contributed by atoms with Gasteiger partial charge >= 0.3 is 0 Å². The summed E-state index contributed by atoms with van der Waals surface area (Å²) in [7, 11) is 3.83. The molecule has 20 heavy (non-hydrogen) atoms. The van der Waals surface area contributed by atoms with Gasteiger partial charge in [0, 0.05) is 31.4 Å². The molecule has 0 aliphatic heterocycles. The van der Waals surface area contributed by atoms with E-state index in [1.165, 1.54) is 37.8 Å². The van der Waals surface area contributed by atoms with Gasteiger partial charge in [-0.15, -0.1) is 0 Å². The fraction of sp³-hybridized carbons (Fsp3) is 0.647. The number of hydrogen-bond donors (Lipinski definition) is 1. The molecule has 114 valence electrons. The first kappa shape index (κ1) is 16.8. The first-order valence-electron chi connectivity index (χ1n) is 7.79. The van der Waals surface area contributed by atoms with E-state index in [9.17, 15) is 0 Å². The van der Waals surface area contributed by atoms with Crippen LogP contribution in [0.4, 0.5) is 5.69 Å². The molecule has 0 saturated heterocycles. The Morgan fingerprint density at radius 2 is 1.95 bits per heavy atom. The SMILES string of the molecule is CCCCCCCC(CN)N(C)c1cccc(OC)c1. The van der Waals surface area contributed by atoms with Gasteiger partial charge in [-0.25, -0.2) is 0 Å². The maximum atomic E-state index is 5.95. The summed E-state index contributed by atoms with van der Waals surface area (Å²) in [6.45, 7) is 2.95. The molecule has 0 aliphatic carbocycles. The zero-order valence-corrected chi connectivity index (χ0v) is 13.3. The van der Waals surface area contributed by atoms with E-state index in [2.05, 4.69) is 31.0 Å². The summed E-state index contributed by atoms with van der Waals surface area (Å²) < 4.78 is 5.29. The van der Waals surface area contributed by atoms with Crippen molar-refractivity contribution in [3.8, 4) is 5.75 Å². The average Bonchev–Trinajstić information content (AvgIpc) is 2.50. The second-order valence-corrected chi connectivity index (χ2v) is 5.40. The number of anilines is 1. The van der Waals surface area contributed by atoms with Gasteiger partial charge in [0.15, 0.2) is 0 Å². The van der Waals surface area contributed by atoms with Gasteiger partial charge in [-0.3, -0.25) is 0 Å². The maximum absolute atomic E-state index is 5.95. The quantitative estimate of drug-likeness (QED) is 0.661. The minimum absolute atomic E-state index is 0.406. The molecule has 0 aliphatic rings. The summed E-state index contributed by atoms with van der Waals surface area (Å²) in [5.41, 5.74) is 7.12. The molecule has 0 spiro atoms. The second kappa shape index (κ2) is 9.65. The van der Waals surface area contributed by atoms with Gasteiger partial charge in [-0.1, -0.05) is 45.1 Å². The summed E-state index contributed by atoms with van der Waals surface area (Å²) in [6, 6.07) is 8.59. The number of methoxy groups -OCH3 is 1. The molecule has 0 aromatic heterocycles. The average molecular weight is 278 g/mol. The van der Waals surface area contributed by atoms with Crippen molar-refractivity contribution in [1.29, 1.82) is 0 Å². The van der Waals surface area contributed by atoms with Crippen molar-refractivity contribution in [3.63, 3.8) is 0 Å². The van der Waals surface area contributed by atoms with Crippen LogP contribution in [-0.4, -0.2) is 26.7 Å². The summed E-state index contributed by atoms with van der Waals surface area (Å²) in [5, 5.41) is 0. The van der Waals surface area contributed by atoms with E-state index in [-0.39, 0.29) is 0 Å². The van der Waals surface area contributed by atoms with Crippen molar-refractivity contribution >= 4 is 5.69 Å². The zero-order chi connectivity index (χ0) is 14.8. The van der Waals surface area contributed by atoms with E-state index in [4.69, 9.17) is 10.5 Å². The largest absolute Gasteiger partial charge is 0.497 e. The van der Waals surface area contributed by atoms with E-state index < -0.39 is 0 Å². The number of ether oxygens (including phenoxy) is 1. The molecule has 1 unspecified atom stereocenters. The molecule has 1 atom stereocenters. The molecule has 0 saturated carbocycles. The third kappa shape index (κ3) is 5.41. The maximum Gasteiger partial charge on any atom is 0.120 e. The third-order valence-electron chi connectivity index (χ3n) is 3.92. The first-order valence-corrected chi connectivity index (χ1v) is 7.79. The van der Waals surface area contributed by atoms with E-state index in [0.717, 1.165) is 12.2 Å². The van der Waals surface area contributed by atoms with Gasteiger partial charge in [-0.05, 0) is 18.6 Å². The molecular formula is C17H30N2O. The van der Waals surface area contributed by atoms with Crippen LogP contribution in [0.3, 0.4) is 0 Å². The Morgan fingerprint density at radius 1 is 1.20 bits per heavy atom. The number of benzene rings is 1. The van der Waals surface area contributed by atoms with Crippen molar-refractivity contribution in [2.24, 2.45) is 5.73 Å². The summed E-state index contributed by atoms with van der Waals surface area (Å²) in [4.78, 5) is 2.28. The van der Waals surface area contributed by atoms with E-state index >= 15 is 0 Å². The van der Waals surface area contributed by atoms with E-state index in [1.807, 2.05) is 12.1 Å². The molecule has 0 bridgehead atoms. The highest BCUT2D eigenvalue weighted by Crippen LogP contribution is 2.23. The van der Waals surface area contributed by atoms with E-state index in [0.29, 0.717) is 12.6 Å². The number of unbranched alkanes of at least 4 members (excludes halogenated alkanes) is 4. The standard InChI is InChI=1S/C17H30N2O/c1-4-5-6-7-8-10-16(14-18)19(2)15-11-9-12-17(13-15)20-3/h9,11-13,16H,4-8,10,14,18H2,1-3H3. The van der Waals surface area contributed by atoms with Gasteiger partial charge in [0.25, 0.3) is 0 Å². The van der Waals surface area contributed by atoms with Crippen LogP contribution in [-0.2, 0) is 0 Å². The molecule has 1 aromatic rings. The van der Waals surface area contributed by atoms with Gasteiger partial charge < -0.3 is 15.4 Å². The van der Waals surface area contributed by atoms with Crippen LogP contribution in [0.1, 0.15) is 45.4 Å². The number of nitrogens with zero attached hydrogens (tertiary/aromatic N) is 1. The molecule has 0 amide bonds. The highest BCUT2D eigenvalue weighted by atomic mass is 16.5. The molecular weight excluding hydrogens is 248 g/mol. The molecule has 0 heterocycles. The van der Waals surface area contributed by atoms with Crippen molar-refractivity contribution in [3.05, 3.63) is 24.3 Å². The Morgan fingerprint density at radius 3 is 2.60 bits per heavy atom. The Bertz CT molecular complexity index is 368. The van der Waals surface area contributed by atoms with Gasteiger partial charge in [0.05, 0.1) is 7.11 Å². The highest BCUT2D eigenvalue weighted by molar-refractivity contribution is 5.50. The number of rotatable bonds is 10. The van der Waals surface area contributed by atoms with Crippen LogP contribution < -0.4 is 15.4 Å². The molecule has 3 nitrogen and oxygen atoms in total. The fourth-order valence-corrected chi connectivity index (χ4v) is 2.49. The van der Waals surface area contributed by atoms with Gasteiger partial charge in [0.2, 0.25) is 0 Å². The van der Waals surface area contributed by atoms with Crippen LogP contribution in [0, 0.1) is 0 Å². The molecule has 3 heteroatoms. The van der Waals surface area contributed by atoms with Crippen molar-refractivity contribution < 1.29 is 4.74 Å². The van der Waals surface area contributed by atoms with Gasteiger partial charge in [-0.2, -0.15) is 0 Å². The van der Waals surface area contributed by atoms with Crippen LogP contribution >= 0.6 is 0 Å². The lowest BCUT2D eigenvalue weighted by Crippen LogP contribution is -2.37. The van der Waals surface area contributed by atoms with Crippen molar-refractivity contribution in [2.45, 2.75) is 51.5 Å². The predicted molar refractivity (Wildman–Crippen MR) is 87.6 cm³/mol. The summed E-state index contributed by atoms with van der Waals surface area (Å²) in [6.07, 6.45) is 7.72. The predicted octanol–water partition coefficient (Wildman–Crippen LogP) is 3.82. The smallest absolute Gasteiger partial charge is 0.120 e. The summed E-state index contributed by atoms with van der Waals surface area (Å²) >= 11 is 0. The Labute approximate surface area is 124 Å². The number of hydrogen-bond acceptors (Lipinski definition) is 3. The number of likely N-dealkylation sites (N-methyl/N-ethyl adjacent to an activating group) is 1. The molecule has 1 rings (SSSR count). The molecule has 2 N–H and O–H groups in total. The Kier molecular flexibility index (Phi) is 8.12. The minimum Gasteiger partial charge on any atom is -0.497 e. The minimum atomic E-state index is 0.406. The highest BCUT2D eigenvalue weighted by Gasteiger charge is 2.13. The molecule has 1 aromatic carbocycles. The Balaban J connectivity index is 2.50. The normalized spacial score (nSPS) is 12.2. The van der Waals surface area contributed by atoms with Crippen LogP contribution in [0.15, 0.2) is 24.3 Å². The lowest BCUT2D eigenvalue weighted by molar-refractivity contribution is 0.414. The topological polar surface area (TPSA) is 38.5 Å².